The Labute approximate surface area is 204 Å². The first-order valence-corrected chi connectivity index (χ1v) is 11.7. The number of aromatic nitrogens is 3. The first kappa shape index (κ1) is 23.6. The number of aryl methyl sites for hydroxylation is 1. The number of benzene rings is 3. The van der Waals surface area contributed by atoms with E-state index in [1.54, 1.807) is 0 Å². The number of ether oxygens (including phenoxy) is 1. The Balaban J connectivity index is 1.31. The second-order valence-electron chi connectivity index (χ2n) is 8.14. The summed E-state index contributed by atoms with van der Waals surface area (Å²) < 4.78 is 8.26. The van der Waals surface area contributed by atoms with Gasteiger partial charge in [-0.1, -0.05) is 84.4 Å². The lowest BCUT2D eigenvalue weighted by Crippen LogP contribution is -2.24. The predicted molar refractivity (Wildman–Crippen MR) is 135 cm³/mol. The fourth-order valence-corrected chi connectivity index (χ4v) is 3.89. The van der Waals surface area contributed by atoms with Crippen LogP contribution in [0, 0.1) is 11.7 Å². The van der Waals surface area contributed by atoms with Gasteiger partial charge in [0.1, 0.15) is 0 Å². The average Bonchev–Trinajstić information content (AvgIpc) is 3.23. The van der Waals surface area contributed by atoms with Gasteiger partial charge in [0.15, 0.2) is 10.6 Å². The van der Waals surface area contributed by atoms with E-state index in [4.69, 9.17) is 17.0 Å². The van der Waals surface area contributed by atoms with Crippen LogP contribution in [-0.2, 0) is 35.8 Å². The maximum atomic E-state index is 12.6. The summed E-state index contributed by atoms with van der Waals surface area (Å²) >= 11 is 5.38. The normalized spacial score (nSPS) is 10.9. The fourth-order valence-electron chi connectivity index (χ4n) is 3.67. The van der Waals surface area contributed by atoms with Crippen molar-refractivity contribution in [3.63, 3.8) is 0 Å². The van der Waals surface area contributed by atoms with Crippen LogP contribution in [0.5, 0.6) is 0 Å². The molecule has 6 nitrogen and oxygen atoms in total. The fraction of sp³-hybridized carbons (Fsp3) is 0.222. The van der Waals surface area contributed by atoms with Crippen LogP contribution in [-0.4, -0.2) is 20.7 Å². The zero-order valence-corrected chi connectivity index (χ0v) is 20.0. The molecule has 0 radical (unpaired) electrons. The van der Waals surface area contributed by atoms with E-state index >= 15 is 0 Å². The molecule has 0 spiro atoms. The van der Waals surface area contributed by atoms with Crippen LogP contribution in [0.1, 0.15) is 28.7 Å². The van der Waals surface area contributed by atoms with Gasteiger partial charge in [-0.3, -0.25) is 14.5 Å². The Bertz CT molecular complexity index is 1280. The van der Waals surface area contributed by atoms with Gasteiger partial charge in [-0.25, -0.2) is 0 Å². The summed E-state index contributed by atoms with van der Waals surface area (Å²) in [6.07, 6.45) is 0.305. The van der Waals surface area contributed by atoms with E-state index < -0.39 is 0 Å². The van der Waals surface area contributed by atoms with Crippen molar-refractivity contribution in [1.29, 1.82) is 0 Å². The molecule has 174 valence electrons. The molecule has 0 bridgehead atoms. The Morgan fingerprint density at radius 2 is 1.68 bits per heavy atom. The molecule has 4 aromatic rings. The van der Waals surface area contributed by atoms with Crippen LogP contribution in [0.15, 0.2) is 78.9 Å². The highest BCUT2D eigenvalue weighted by molar-refractivity contribution is 7.71. The third-order valence-corrected chi connectivity index (χ3v) is 5.91. The van der Waals surface area contributed by atoms with Gasteiger partial charge in [0.25, 0.3) is 0 Å². The second kappa shape index (κ2) is 11.5. The first-order valence-electron chi connectivity index (χ1n) is 11.3. The number of nitrogens with zero attached hydrogens (tertiary/aromatic N) is 2. The van der Waals surface area contributed by atoms with Gasteiger partial charge in [-0.15, -0.1) is 0 Å². The average molecular weight is 473 g/mol. The van der Waals surface area contributed by atoms with E-state index in [0.29, 0.717) is 37.5 Å². The zero-order valence-electron chi connectivity index (χ0n) is 19.2. The molecule has 0 saturated heterocycles. The third kappa shape index (κ3) is 6.27. The molecule has 0 atom stereocenters. The van der Waals surface area contributed by atoms with Crippen molar-refractivity contribution in [2.24, 2.45) is 0 Å². The van der Waals surface area contributed by atoms with Crippen molar-refractivity contribution in [2.45, 2.75) is 39.6 Å². The Kier molecular flexibility index (Phi) is 8.01. The molecule has 4 rings (SSSR count). The SMILES string of the molecule is Cc1ccc(-c2n[nH]c(=S)n2CCC(=O)NCc2ccccc2COCc2ccccc2)cc1. The van der Waals surface area contributed by atoms with Crippen LogP contribution in [0.3, 0.4) is 0 Å². The van der Waals surface area contributed by atoms with Crippen LogP contribution in [0.25, 0.3) is 11.4 Å². The minimum Gasteiger partial charge on any atom is -0.372 e. The Hall–Kier alpha value is -3.55. The first-order chi connectivity index (χ1) is 16.6. The lowest BCUT2D eigenvalue weighted by atomic mass is 10.1. The van der Waals surface area contributed by atoms with Gasteiger partial charge < -0.3 is 10.1 Å². The minimum absolute atomic E-state index is 0.0436. The number of H-pyrrole nitrogens is 1. The van der Waals surface area contributed by atoms with Gasteiger partial charge in [-0.2, -0.15) is 5.10 Å². The molecule has 0 aliphatic rings. The number of amides is 1. The minimum atomic E-state index is -0.0436. The highest BCUT2D eigenvalue weighted by atomic mass is 32.1. The number of nitrogens with one attached hydrogen (secondary N) is 2. The van der Waals surface area contributed by atoms with Crippen LogP contribution in [0.2, 0.25) is 0 Å². The summed E-state index contributed by atoms with van der Waals surface area (Å²) in [5, 5.41) is 10.2. The van der Waals surface area contributed by atoms with Crippen molar-refractivity contribution in [1.82, 2.24) is 20.1 Å². The van der Waals surface area contributed by atoms with Crippen molar-refractivity contribution in [3.05, 3.63) is 106 Å². The number of carbonyl (C=O) groups is 1. The molecule has 1 heterocycles. The largest absolute Gasteiger partial charge is 0.372 e. The summed E-state index contributed by atoms with van der Waals surface area (Å²) in [6, 6.07) is 26.2. The molecule has 0 aliphatic carbocycles. The summed E-state index contributed by atoms with van der Waals surface area (Å²) in [4.78, 5) is 12.6. The van der Waals surface area contributed by atoms with E-state index in [1.165, 1.54) is 5.56 Å². The molecule has 2 N–H and O–H groups in total. The molecule has 1 amide bonds. The summed E-state index contributed by atoms with van der Waals surface area (Å²) in [5.41, 5.74) is 5.38. The molecule has 0 aliphatic heterocycles. The number of carbonyl (C=O) groups excluding carboxylic acids is 1. The molecule has 0 saturated carbocycles. The van der Waals surface area contributed by atoms with Crippen LogP contribution >= 0.6 is 12.2 Å². The Morgan fingerprint density at radius 3 is 2.44 bits per heavy atom. The van der Waals surface area contributed by atoms with Crippen LogP contribution < -0.4 is 5.32 Å². The number of hydrogen-bond acceptors (Lipinski definition) is 4. The molecule has 0 unspecified atom stereocenters. The van der Waals surface area contributed by atoms with E-state index in [1.807, 2.05) is 90.4 Å². The lowest BCUT2D eigenvalue weighted by Gasteiger charge is -2.12. The van der Waals surface area contributed by atoms with Crippen molar-refractivity contribution in [2.75, 3.05) is 0 Å². The van der Waals surface area contributed by atoms with E-state index in [9.17, 15) is 4.79 Å². The summed E-state index contributed by atoms with van der Waals surface area (Å²) in [7, 11) is 0. The highest BCUT2D eigenvalue weighted by Crippen LogP contribution is 2.18. The van der Waals surface area contributed by atoms with E-state index in [-0.39, 0.29) is 5.91 Å². The second-order valence-corrected chi connectivity index (χ2v) is 8.53. The molecule has 7 heteroatoms. The molecule has 3 aromatic carbocycles. The van der Waals surface area contributed by atoms with Crippen molar-refractivity contribution >= 4 is 18.1 Å². The van der Waals surface area contributed by atoms with Crippen molar-refractivity contribution < 1.29 is 9.53 Å². The Morgan fingerprint density at radius 1 is 0.971 bits per heavy atom. The highest BCUT2D eigenvalue weighted by Gasteiger charge is 2.11. The topological polar surface area (TPSA) is 71.9 Å². The number of aromatic amines is 1. The van der Waals surface area contributed by atoms with Gasteiger partial charge in [0.2, 0.25) is 5.91 Å². The smallest absolute Gasteiger partial charge is 0.222 e. The zero-order chi connectivity index (χ0) is 23.8. The van der Waals surface area contributed by atoms with Gasteiger partial charge in [0, 0.05) is 25.1 Å². The number of hydrogen-bond donors (Lipinski definition) is 2. The lowest BCUT2D eigenvalue weighted by molar-refractivity contribution is -0.121. The molecule has 0 fully saturated rings. The van der Waals surface area contributed by atoms with E-state index in [2.05, 4.69) is 15.5 Å². The van der Waals surface area contributed by atoms with E-state index in [0.717, 1.165) is 28.1 Å². The molecule has 1 aromatic heterocycles. The monoisotopic (exact) mass is 472 g/mol. The molecule has 34 heavy (non-hydrogen) atoms. The van der Waals surface area contributed by atoms with Crippen LogP contribution in [0.4, 0.5) is 0 Å². The maximum absolute atomic E-state index is 12.6. The standard InChI is InChI=1S/C27H28N4O2S/c1-20-11-13-22(14-12-20)26-29-30-27(34)31(26)16-15-25(32)28-17-23-9-5-6-10-24(23)19-33-18-21-7-3-2-4-8-21/h2-14H,15-19H2,1H3,(H,28,32)(H,30,34). The quantitative estimate of drug-likeness (QED) is 0.306. The predicted octanol–water partition coefficient (Wildman–Crippen LogP) is 5.34. The summed E-state index contributed by atoms with van der Waals surface area (Å²) in [6.45, 7) is 3.98. The van der Waals surface area contributed by atoms with Gasteiger partial charge in [0.05, 0.1) is 13.2 Å². The number of rotatable bonds is 10. The van der Waals surface area contributed by atoms with Gasteiger partial charge >= 0.3 is 0 Å². The molecular weight excluding hydrogens is 444 g/mol. The molecular formula is C27H28N4O2S. The third-order valence-electron chi connectivity index (χ3n) is 5.59. The summed E-state index contributed by atoms with van der Waals surface area (Å²) in [5.74, 6) is 0.691. The van der Waals surface area contributed by atoms with Crippen molar-refractivity contribution in [3.8, 4) is 11.4 Å². The van der Waals surface area contributed by atoms with Gasteiger partial charge in [-0.05, 0) is 35.8 Å². The maximum Gasteiger partial charge on any atom is 0.222 e.